The summed E-state index contributed by atoms with van der Waals surface area (Å²) in [5.74, 6) is 1.61. The average Bonchev–Trinajstić information content (AvgIpc) is 3.37. The van der Waals surface area contributed by atoms with Gasteiger partial charge in [0.05, 0.1) is 11.2 Å². The van der Waals surface area contributed by atoms with Crippen LogP contribution in [0.4, 0.5) is 0 Å². The topological polar surface area (TPSA) is 77.8 Å². The van der Waals surface area contributed by atoms with Gasteiger partial charge in [0, 0.05) is 35.5 Å². The summed E-state index contributed by atoms with van der Waals surface area (Å²) in [6, 6.07) is 19.6. The van der Waals surface area contributed by atoms with Crippen LogP contribution in [0.1, 0.15) is 18.9 Å². The predicted molar refractivity (Wildman–Crippen MR) is 113 cm³/mol. The van der Waals surface area contributed by atoms with E-state index in [4.69, 9.17) is 9.05 Å². The van der Waals surface area contributed by atoms with Gasteiger partial charge >= 0.3 is 0 Å². The Kier molecular flexibility index (Phi) is 6.14. The molecule has 0 fully saturated rings. The number of rotatable bonds is 2. The second-order valence-electron chi connectivity index (χ2n) is 6.28. The summed E-state index contributed by atoms with van der Waals surface area (Å²) in [5, 5.41) is 8.94. The van der Waals surface area contributed by atoms with Gasteiger partial charge in [-0.25, -0.2) is 0 Å². The van der Waals surface area contributed by atoms with Gasteiger partial charge in [0.1, 0.15) is 22.9 Å². The van der Waals surface area contributed by atoms with Gasteiger partial charge in [-0.15, -0.1) is 0 Å². The molecule has 0 unspecified atom stereocenters. The van der Waals surface area contributed by atoms with E-state index in [-0.39, 0.29) is 7.43 Å². The summed E-state index contributed by atoms with van der Waals surface area (Å²) in [6.07, 6.45) is 3.55. The molecule has 0 radical (unpaired) electrons. The Morgan fingerprint density at radius 2 is 1.38 bits per heavy atom. The third kappa shape index (κ3) is 4.73. The number of fused-ring (bicyclic) bond motifs is 1. The molecule has 0 aliphatic rings. The van der Waals surface area contributed by atoms with Gasteiger partial charge in [0.15, 0.2) is 0 Å². The van der Waals surface area contributed by atoms with Crippen molar-refractivity contribution in [1.82, 2.24) is 20.3 Å². The minimum atomic E-state index is 0. The second-order valence-corrected chi connectivity index (χ2v) is 6.28. The first kappa shape index (κ1) is 19.9. The van der Waals surface area contributed by atoms with Gasteiger partial charge < -0.3 is 9.05 Å². The van der Waals surface area contributed by atoms with Crippen molar-refractivity contribution in [3.05, 3.63) is 84.6 Å². The highest BCUT2D eigenvalue weighted by atomic mass is 16.5. The lowest BCUT2D eigenvalue weighted by molar-refractivity contribution is 0.399. The van der Waals surface area contributed by atoms with E-state index in [1.165, 1.54) is 0 Å². The standard InChI is InChI=1S/C13H10N2O.C9H8N2O.CH4/c1-9-6-13(15-16-9)11-7-10-4-2-3-5-12(10)14-8-11;1-7-6-9(11-12-7)8-4-2-3-5-10-8;/h2-8H,1H3;2-6H,1H3;1H4. The fraction of sp³-hybridized carbons (Fsp3) is 0.130. The van der Waals surface area contributed by atoms with Crippen molar-refractivity contribution in [1.29, 1.82) is 0 Å². The molecule has 0 spiro atoms. The van der Waals surface area contributed by atoms with Gasteiger partial charge in [-0.3, -0.25) is 9.97 Å². The molecule has 29 heavy (non-hydrogen) atoms. The maximum absolute atomic E-state index is 5.05. The lowest BCUT2D eigenvalue weighted by Gasteiger charge is -1.98. The van der Waals surface area contributed by atoms with E-state index in [1.807, 2.05) is 74.6 Å². The van der Waals surface area contributed by atoms with Gasteiger partial charge in [-0.05, 0) is 38.1 Å². The number of nitrogens with zero attached hydrogens (tertiary/aromatic N) is 4. The summed E-state index contributed by atoms with van der Waals surface area (Å²) in [7, 11) is 0. The van der Waals surface area contributed by atoms with Crippen molar-refractivity contribution < 1.29 is 9.05 Å². The molecule has 0 amide bonds. The lowest BCUT2D eigenvalue weighted by Crippen LogP contribution is -1.82. The number of aryl methyl sites for hydroxylation is 2. The van der Waals surface area contributed by atoms with E-state index in [0.29, 0.717) is 0 Å². The average molecular weight is 386 g/mol. The fourth-order valence-corrected chi connectivity index (χ4v) is 2.71. The van der Waals surface area contributed by atoms with Gasteiger partial charge in [-0.1, -0.05) is 42.0 Å². The number of aromatic nitrogens is 4. The molecule has 5 aromatic rings. The summed E-state index contributed by atoms with van der Waals surface area (Å²) in [4.78, 5) is 8.52. The molecule has 0 saturated heterocycles. The molecule has 0 aliphatic carbocycles. The first-order chi connectivity index (χ1) is 13.7. The highest BCUT2D eigenvalue weighted by Gasteiger charge is 2.05. The zero-order valence-electron chi connectivity index (χ0n) is 15.5. The minimum absolute atomic E-state index is 0. The normalized spacial score (nSPS) is 10.1. The number of hydrogen-bond donors (Lipinski definition) is 0. The largest absolute Gasteiger partial charge is 0.361 e. The molecule has 0 atom stereocenters. The molecule has 4 aromatic heterocycles. The Bertz CT molecular complexity index is 1200. The van der Waals surface area contributed by atoms with Gasteiger partial charge in [-0.2, -0.15) is 0 Å². The highest BCUT2D eigenvalue weighted by molar-refractivity contribution is 5.82. The summed E-state index contributed by atoms with van der Waals surface area (Å²) in [6.45, 7) is 3.74. The predicted octanol–water partition coefficient (Wildman–Crippen LogP) is 5.88. The van der Waals surface area contributed by atoms with Crippen molar-refractivity contribution >= 4 is 10.9 Å². The molecule has 6 heteroatoms. The zero-order chi connectivity index (χ0) is 19.3. The third-order valence-corrected chi connectivity index (χ3v) is 4.07. The first-order valence-corrected chi connectivity index (χ1v) is 8.82. The number of hydrogen-bond acceptors (Lipinski definition) is 6. The van der Waals surface area contributed by atoms with Crippen molar-refractivity contribution in [3.63, 3.8) is 0 Å². The van der Waals surface area contributed by atoms with Crippen LogP contribution in [-0.2, 0) is 0 Å². The van der Waals surface area contributed by atoms with E-state index in [0.717, 1.165) is 45.1 Å². The quantitative estimate of drug-likeness (QED) is 0.377. The van der Waals surface area contributed by atoms with E-state index < -0.39 is 0 Å². The van der Waals surface area contributed by atoms with Crippen molar-refractivity contribution in [2.75, 3.05) is 0 Å². The van der Waals surface area contributed by atoms with E-state index in [2.05, 4.69) is 26.3 Å². The van der Waals surface area contributed by atoms with Crippen LogP contribution in [0.2, 0.25) is 0 Å². The molecular weight excluding hydrogens is 364 g/mol. The van der Waals surface area contributed by atoms with Crippen LogP contribution in [0.3, 0.4) is 0 Å². The third-order valence-electron chi connectivity index (χ3n) is 4.07. The van der Waals surface area contributed by atoms with Crippen LogP contribution in [0.5, 0.6) is 0 Å². The van der Waals surface area contributed by atoms with E-state index >= 15 is 0 Å². The number of benzene rings is 1. The van der Waals surface area contributed by atoms with E-state index in [9.17, 15) is 0 Å². The Hall–Kier alpha value is -3.80. The van der Waals surface area contributed by atoms with Crippen molar-refractivity contribution in [3.8, 4) is 22.6 Å². The van der Waals surface area contributed by atoms with Crippen LogP contribution in [0.25, 0.3) is 33.5 Å². The van der Waals surface area contributed by atoms with Gasteiger partial charge in [0.25, 0.3) is 0 Å². The van der Waals surface area contributed by atoms with Crippen LogP contribution >= 0.6 is 0 Å². The minimum Gasteiger partial charge on any atom is -0.361 e. The van der Waals surface area contributed by atoms with Crippen LogP contribution in [0, 0.1) is 13.8 Å². The molecule has 146 valence electrons. The molecule has 0 saturated carbocycles. The summed E-state index contributed by atoms with van der Waals surface area (Å²) in [5.41, 5.74) is 4.43. The SMILES string of the molecule is C.Cc1cc(-c2ccccn2)no1.Cc1cc(-c2cnc3ccccc3c2)no1. The van der Waals surface area contributed by atoms with Crippen LogP contribution in [-0.4, -0.2) is 20.3 Å². The number of pyridine rings is 2. The van der Waals surface area contributed by atoms with Crippen molar-refractivity contribution in [2.45, 2.75) is 21.3 Å². The Morgan fingerprint density at radius 3 is 2.03 bits per heavy atom. The molecule has 1 aromatic carbocycles. The summed E-state index contributed by atoms with van der Waals surface area (Å²) >= 11 is 0. The van der Waals surface area contributed by atoms with Gasteiger partial charge in [0.2, 0.25) is 0 Å². The maximum atomic E-state index is 5.05. The fourth-order valence-electron chi connectivity index (χ4n) is 2.71. The molecular formula is C23H22N4O2. The molecule has 6 nitrogen and oxygen atoms in total. The number of para-hydroxylation sites is 1. The summed E-state index contributed by atoms with van der Waals surface area (Å²) < 4.78 is 9.98. The Labute approximate surface area is 169 Å². The maximum Gasteiger partial charge on any atom is 0.134 e. The molecule has 5 rings (SSSR count). The highest BCUT2D eigenvalue weighted by Crippen LogP contribution is 2.22. The smallest absolute Gasteiger partial charge is 0.134 e. The van der Waals surface area contributed by atoms with Crippen LogP contribution in [0.15, 0.2) is 82.1 Å². The molecule has 4 heterocycles. The molecule has 0 N–H and O–H groups in total. The lowest BCUT2D eigenvalue weighted by atomic mass is 10.1. The molecule has 0 aliphatic heterocycles. The zero-order valence-corrected chi connectivity index (χ0v) is 15.5. The first-order valence-electron chi connectivity index (χ1n) is 8.82. The van der Waals surface area contributed by atoms with E-state index in [1.54, 1.807) is 6.20 Å². The Morgan fingerprint density at radius 1 is 0.690 bits per heavy atom. The molecule has 0 bridgehead atoms. The Balaban J connectivity index is 0.000000167. The van der Waals surface area contributed by atoms with Crippen molar-refractivity contribution in [2.24, 2.45) is 0 Å². The monoisotopic (exact) mass is 386 g/mol. The second kappa shape index (κ2) is 8.93. The van der Waals surface area contributed by atoms with Crippen LogP contribution < -0.4 is 0 Å².